The lowest BCUT2D eigenvalue weighted by Crippen LogP contribution is -2.43. The van der Waals surface area contributed by atoms with Crippen LogP contribution in [-0.2, 0) is 27.9 Å². The largest absolute Gasteiger partial charge is 0.379 e. The fourth-order valence-electron chi connectivity index (χ4n) is 2.60. The SMILES string of the molecule is O=S(=O)(Nc1cccc2c1CNCC2)N1CCOCC1. The summed E-state index contributed by atoms with van der Waals surface area (Å²) in [7, 11) is -3.49. The molecule has 0 aliphatic carbocycles. The van der Waals surface area contributed by atoms with E-state index in [-0.39, 0.29) is 0 Å². The number of fused-ring (bicyclic) bond motifs is 1. The van der Waals surface area contributed by atoms with Crippen molar-refractivity contribution in [1.29, 1.82) is 0 Å². The standard InChI is InChI=1S/C13H19N3O3S/c17-20(18,16-6-8-19-9-7-16)15-13-3-1-2-11-4-5-14-10-12(11)13/h1-3,14-15H,4-10H2. The number of hydrogen-bond donors (Lipinski definition) is 2. The Morgan fingerprint density at radius 1 is 1.25 bits per heavy atom. The Kier molecular flexibility index (Phi) is 3.93. The van der Waals surface area contributed by atoms with Crippen LogP contribution in [0.1, 0.15) is 11.1 Å². The van der Waals surface area contributed by atoms with Crippen molar-refractivity contribution < 1.29 is 13.2 Å². The average molecular weight is 297 g/mol. The lowest BCUT2D eigenvalue weighted by molar-refractivity contribution is 0.0733. The molecule has 0 spiro atoms. The van der Waals surface area contributed by atoms with E-state index >= 15 is 0 Å². The van der Waals surface area contributed by atoms with Gasteiger partial charge in [0.1, 0.15) is 0 Å². The van der Waals surface area contributed by atoms with Crippen LogP contribution in [0.3, 0.4) is 0 Å². The second kappa shape index (κ2) is 5.69. The van der Waals surface area contributed by atoms with Gasteiger partial charge in [0.05, 0.1) is 18.9 Å². The molecule has 0 saturated carbocycles. The fourth-order valence-corrected chi connectivity index (χ4v) is 3.83. The van der Waals surface area contributed by atoms with Crippen molar-refractivity contribution >= 4 is 15.9 Å². The third-order valence-corrected chi connectivity index (χ3v) is 5.22. The van der Waals surface area contributed by atoms with E-state index in [4.69, 9.17) is 4.74 Å². The molecule has 1 fully saturated rings. The quantitative estimate of drug-likeness (QED) is 0.843. The summed E-state index contributed by atoms with van der Waals surface area (Å²) in [5, 5.41) is 3.28. The van der Waals surface area contributed by atoms with Crippen molar-refractivity contribution in [2.24, 2.45) is 0 Å². The Labute approximate surface area is 119 Å². The molecule has 20 heavy (non-hydrogen) atoms. The molecule has 110 valence electrons. The molecule has 0 atom stereocenters. The molecule has 2 N–H and O–H groups in total. The van der Waals surface area contributed by atoms with Crippen molar-refractivity contribution in [2.75, 3.05) is 37.6 Å². The van der Waals surface area contributed by atoms with Crippen LogP contribution in [0, 0.1) is 0 Å². The summed E-state index contributed by atoms with van der Waals surface area (Å²) in [5.41, 5.74) is 2.95. The van der Waals surface area contributed by atoms with Crippen molar-refractivity contribution in [1.82, 2.24) is 9.62 Å². The fraction of sp³-hybridized carbons (Fsp3) is 0.538. The maximum Gasteiger partial charge on any atom is 0.301 e. The smallest absolute Gasteiger partial charge is 0.301 e. The number of rotatable bonds is 3. The first-order chi connectivity index (χ1) is 9.67. The molecule has 1 aromatic rings. The molecule has 1 aromatic carbocycles. The van der Waals surface area contributed by atoms with Crippen LogP contribution in [-0.4, -0.2) is 45.6 Å². The van der Waals surface area contributed by atoms with Crippen LogP contribution in [0.2, 0.25) is 0 Å². The van der Waals surface area contributed by atoms with Gasteiger partial charge in [0, 0.05) is 19.6 Å². The summed E-state index contributed by atoms with van der Waals surface area (Å²) in [5.74, 6) is 0. The van der Waals surface area contributed by atoms with E-state index in [1.807, 2.05) is 12.1 Å². The Hall–Kier alpha value is -1.15. The molecule has 2 heterocycles. The minimum absolute atomic E-state index is 0.405. The first-order valence-corrected chi connectivity index (χ1v) is 8.28. The Morgan fingerprint density at radius 3 is 2.85 bits per heavy atom. The van der Waals surface area contributed by atoms with Gasteiger partial charge in [-0.2, -0.15) is 12.7 Å². The van der Waals surface area contributed by atoms with Gasteiger partial charge in [0.2, 0.25) is 0 Å². The van der Waals surface area contributed by atoms with Crippen LogP contribution < -0.4 is 10.0 Å². The summed E-state index contributed by atoms with van der Waals surface area (Å²) in [6.45, 7) is 3.36. The number of morpholine rings is 1. The van der Waals surface area contributed by atoms with E-state index in [0.29, 0.717) is 38.5 Å². The number of nitrogens with zero attached hydrogens (tertiary/aromatic N) is 1. The van der Waals surface area contributed by atoms with E-state index in [0.717, 1.165) is 18.5 Å². The monoisotopic (exact) mass is 297 g/mol. The predicted molar refractivity (Wildman–Crippen MR) is 76.8 cm³/mol. The minimum Gasteiger partial charge on any atom is -0.379 e. The molecule has 2 aliphatic heterocycles. The average Bonchev–Trinajstić information content (AvgIpc) is 2.48. The lowest BCUT2D eigenvalue weighted by Gasteiger charge is -2.28. The van der Waals surface area contributed by atoms with Crippen LogP contribution in [0.5, 0.6) is 0 Å². The zero-order chi connectivity index (χ0) is 14.0. The molecule has 0 unspecified atom stereocenters. The minimum atomic E-state index is -3.49. The molecule has 6 nitrogen and oxygen atoms in total. The summed E-state index contributed by atoms with van der Waals surface area (Å²) in [4.78, 5) is 0. The van der Waals surface area contributed by atoms with E-state index < -0.39 is 10.2 Å². The number of hydrogen-bond acceptors (Lipinski definition) is 4. The van der Waals surface area contributed by atoms with Gasteiger partial charge < -0.3 is 10.1 Å². The van der Waals surface area contributed by atoms with E-state index in [2.05, 4.69) is 16.1 Å². The zero-order valence-electron chi connectivity index (χ0n) is 11.3. The van der Waals surface area contributed by atoms with Gasteiger partial charge in [-0.05, 0) is 30.2 Å². The highest BCUT2D eigenvalue weighted by molar-refractivity contribution is 7.90. The topological polar surface area (TPSA) is 70.7 Å². The van der Waals surface area contributed by atoms with Gasteiger partial charge in [0.25, 0.3) is 0 Å². The number of ether oxygens (including phenoxy) is 1. The summed E-state index contributed by atoms with van der Waals surface area (Å²) in [6, 6.07) is 5.79. The third kappa shape index (κ3) is 2.80. The first kappa shape index (κ1) is 13.8. The maximum absolute atomic E-state index is 12.4. The zero-order valence-corrected chi connectivity index (χ0v) is 12.1. The van der Waals surface area contributed by atoms with E-state index in [1.165, 1.54) is 9.87 Å². The molecular weight excluding hydrogens is 278 g/mol. The second-order valence-electron chi connectivity index (χ2n) is 4.99. The van der Waals surface area contributed by atoms with Crippen molar-refractivity contribution in [3.63, 3.8) is 0 Å². The van der Waals surface area contributed by atoms with E-state index in [1.54, 1.807) is 0 Å². The van der Waals surface area contributed by atoms with Gasteiger partial charge in [0.15, 0.2) is 0 Å². The normalized spacial score (nSPS) is 20.4. The molecule has 0 amide bonds. The van der Waals surface area contributed by atoms with Crippen molar-refractivity contribution in [2.45, 2.75) is 13.0 Å². The summed E-state index contributed by atoms with van der Waals surface area (Å²) < 4.78 is 34.1. The Morgan fingerprint density at radius 2 is 2.05 bits per heavy atom. The van der Waals surface area contributed by atoms with Crippen LogP contribution >= 0.6 is 0 Å². The number of anilines is 1. The Bertz CT molecular complexity index is 583. The summed E-state index contributed by atoms with van der Waals surface area (Å²) in [6.07, 6.45) is 0.933. The van der Waals surface area contributed by atoms with Gasteiger partial charge in [-0.15, -0.1) is 0 Å². The number of nitrogens with one attached hydrogen (secondary N) is 2. The van der Waals surface area contributed by atoms with Crippen LogP contribution in [0.4, 0.5) is 5.69 Å². The highest BCUT2D eigenvalue weighted by Gasteiger charge is 2.25. The maximum atomic E-state index is 12.4. The van der Waals surface area contributed by atoms with E-state index in [9.17, 15) is 8.42 Å². The predicted octanol–water partition coefficient (Wildman–Crippen LogP) is 0.321. The molecule has 3 rings (SSSR count). The number of benzene rings is 1. The van der Waals surface area contributed by atoms with Gasteiger partial charge in [-0.1, -0.05) is 12.1 Å². The van der Waals surface area contributed by atoms with Gasteiger partial charge >= 0.3 is 10.2 Å². The highest BCUT2D eigenvalue weighted by atomic mass is 32.2. The molecule has 0 aromatic heterocycles. The van der Waals surface area contributed by atoms with Gasteiger partial charge in [-0.25, -0.2) is 0 Å². The summed E-state index contributed by atoms with van der Waals surface area (Å²) >= 11 is 0. The second-order valence-corrected chi connectivity index (χ2v) is 6.66. The van der Waals surface area contributed by atoms with Crippen LogP contribution in [0.15, 0.2) is 18.2 Å². The Balaban J connectivity index is 1.83. The first-order valence-electron chi connectivity index (χ1n) is 6.84. The molecule has 1 saturated heterocycles. The van der Waals surface area contributed by atoms with Crippen molar-refractivity contribution in [3.8, 4) is 0 Å². The van der Waals surface area contributed by atoms with Gasteiger partial charge in [-0.3, -0.25) is 4.72 Å². The molecule has 0 radical (unpaired) electrons. The van der Waals surface area contributed by atoms with Crippen molar-refractivity contribution in [3.05, 3.63) is 29.3 Å². The molecule has 0 bridgehead atoms. The van der Waals surface area contributed by atoms with Crippen LogP contribution in [0.25, 0.3) is 0 Å². The lowest BCUT2D eigenvalue weighted by atomic mass is 10.00. The third-order valence-electron chi connectivity index (χ3n) is 3.69. The molecule has 2 aliphatic rings. The highest BCUT2D eigenvalue weighted by Crippen LogP contribution is 2.24. The molecule has 7 heteroatoms. The molecular formula is C13H19N3O3S.